The van der Waals surface area contributed by atoms with Crippen LogP contribution in [0.1, 0.15) is 30.4 Å². The molecule has 1 amide bonds. The molecule has 1 saturated heterocycles. The van der Waals surface area contributed by atoms with Gasteiger partial charge in [-0.15, -0.1) is 0 Å². The first kappa shape index (κ1) is 12.9. The number of nitrogens with zero attached hydrogens (tertiary/aromatic N) is 1. The highest BCUT2D eigenvalue weighted by Crippen LogP contribution is 2.14. The number of anilines is 1. The van der Waals surface area contributed by atoms with E-state index in [9.17, 15) is 4.79 Å². The zero-order valence-corrected chi connectivity index (χ0v) is 11.3. The third-order valence-corrected chi connectivity index (χ3v) is 3.66. The topological polar surface area (TPSA) is 32.3 Å². The van der Waals surface area contributed by atoms with Gasteiger partial charge in [0, 0.05) is 18.8 Å². The highest BCUT2D eigenvalue weighted by molar-refractivity contribution is 5.81. The number of benzene rings is 1. The molecule has 0 saturated carbocycles. The number of rotatable bonds is 3. The summed E-state index contributed by atoms with van der Waals surface area (Å²) in [6, 6.07) is 6.22. The summed E-state index contributed by atoms with van der Waals surface area (Å²) in [4.78, 5) is 14.0. The SMILES string of the molecule is Cc1ccc(NCC(=O)N2CCCCC2)cc1C. The van der Waals surface area contributed by atoms with Crippen LogP contribution in [-0.2, 0) is 4.79 Å². The smallest absolute Gasteiger partial charge is 0.241 e. The van der Waals surface area contributed by atoms with E-state index < -0.39 is 0 Å². The van der Waals surface area contributed by atoms with Gasteiger partial charge in [-0.3, -0.25) is 4.79 Å². The molecule has 0 radical (unpaired) electrons. The van der Waals surface area contributed by atoms with Crippen LogP contribution in [0.3, 0.4) is 0 Å². The van der Waals surface area contributed by atoms with Gasteiger partial charge in [0.25, 0.3) is 0 Å². The number of carbonyl (C=O) groups is 1. The van der Waals surface area contributed by atoms with Gasteiger partial charge in [-0.05, 0) is 56.4 Å². The van der Waals surface area contributed by atoms with Gasteiger partial charge >= 0.3 is 0 Å². The maximum absolute atomic E-state index is 12.0. The number of likely N-dealkylation sites (tertiary alicyclic amines) is 1. The molecule has 0 bridgehead atoms. The second kappa shape index (κ2) is 5.89. The number of hydrogen-bond donors (Lipinski definition) is 1. The van der Waals surface area contributed by atoms with Crippen LogP contribution >= 0.6 is 0 Å². The average molecular weight is 246 g/mol. The van der Waals surface area contributed by atoms with Crippen molar-refractivity contribution in [1.29, 1.82) is 0 Å². The van der Waals surface area contributed by atoms with Gasteiger partial charge in [-0.25, -0.2) is 0 Å². The maximum Gasteiger partial charge on any atom is 0.241 e. The Bertz CT molecular complexity index is 423. The van der Waals surface area contributed by atoms with Gasteiger partial charge < -0.3 is 10.2 Å². The number of aryl methyl sites for hydroxylation is 2. The van der Waals surface area contributed by atoms with E-state index in [1.165, 1.54) is 17.5 Å². The Morgan fingerprint density at radius 1 is 1.17 bits per heavy atom. The normalized spacial score (nSPS) is 15.6. The fraction of sp³-hybridized carbons (Fsp3) is 0.533. The Kier molecular flexibility index (Phi) is 4.24. The fourth-order valence-corrected chi connectivity index (χ4v) is 2.28. The molecule has 1 aliphatic rings. The molecule has 2 rings (SSSR count). The molecule has 0 aliphatic carbocycles. The number of nitrogens with one attached hydrogen (secondary N) is 1. The lowest BCUT2D eigenvalue weighted by atomic mass is 10.1. The summed E-state index contributed by atoms with van der Waals surface area (Å²) in [5.41, 5.74) is 3.57. The van der Waals surface area contributed by atoms with Crippen molar-refractivity contribution < 1.29 is 4.79 Å². The van der Waals surface area contributed by atoms with E-state index in [0.717, 1.165) is 31.6 Å². The molecular formula is C15H22N2O. The van der Waals surface area contributed by atoms with Gasteiger partial charge in [0.15, 0.2) is 0 Å². The van der Waals surface area contributed by atoms with Crippen LogP contribution in [0, 0.1) is 13.8 Å². The molecule has 3 nitrogen and oxygen atoms in total. The summed E-state index contributed by atoms with van der Waals surface area (Å²) < 4.78 is 0. The molecule has 1 heterocycles. The monoisotopic (exact) mass is 246 g/mol. The zero-order chi connectivity index (χ0) is 13.0. The van der Waals surface area contributed by atoms with Crippen molar-refractivity contribution in [2.75, 3.05) is 25.0 Å². The Hall–Kier alpha value is -1.51. The van der Waals surface area contributed by atoms with Gasteiger partial charge in [0.2, 0.25) is 5.91 Å². The third-order valence-electron chi connectivity index (χ3n) is 3.66. The molecule has 0 unspecified atom stereocenters. The Morgan fingerprint density at radius 3 is 2.56 bits per heavy atom. The van der Waals surface area contributed by atoms with E-state index >= 15 is 0 Å². The van der Waals surface area contributed by atoms with Gasteiger partial charge in [-0.1, -0.05) is 6.07 Å². The molecule has 1 aromatic carbocycles. The molecular weight excluding hydrogens is 224 g/mol. The minimum absolute atomic E-state index is 0.216. The molecule has 1 aromatic rings. The predicted molar refractivity (Wildman–Crippen MR) is 74.8 cm³/mol. The molecule has 98 valence electrons. The highest BCUT2D eigenvalue weighted by atomic mass is 16.2. The summed E-state index contributed by atoms with van der Waals surface area (Å²) in [5, 5.41) is 3.22. The summed E-state index contributed by atoms with van der Waals surface area (Å²) in [6.07, 6.45) is 3.55. The molecule has 0 spiro atoms. The summed E-state index contributed by atoms with van der Waals surface area (Å²) in [6.45, 7) is 6.44. The van der Waals surface area contributed by atoms with E-state index in [4.69, 9.17) is 0 Å². The van der Waals surface area contributed by atoms with Crippen molar-refractivity contribution in [3.63, 3.8) is 0 Å². The Labute approximate surface area is 109 Å². The molecule has 1 aliphatic heterocycles. The lowest BCUT2D eigenvalue weighted by Gasteiger charge is -2.27. The van der Waals surface area contributed by atoms with Gasteiger partial charge in [-0.2, -0.15) is 0 Å². The van der Waals surface area contributed by atoms with Crippen molar-refractivity contribution in [1.82, 2.24) is 4.90 Å². The fourth-order valence-electron chi connectivity index (χ4n) is 2.28. The van der Waals surface area contributed by atoms with Crippen molar-refractivity contribution >= 4 is 11.6 Å². The highest BCUT2D eigenvalue weighted by Gasteiger charge is 2.15. The number of amides is 1. The molecule has 1 N–H and O–H groups in total. The second-order valence-electron chi connectivity index (χ2n) is 5.09. The molecule has 18 heavy (non-hydrogen) atoms. The van der Waals surface area contributed by atoms with Crippen molar-refractivity contribution in [3.05, 3.63) is 29.3 Å². The molecule has 3 heteroatoms. The zero-order valence-electron chi connectivity index (χ0n) is 11.3. The number of carbonyl (C=O) groups excluding carboxylic acids is 1. The van der Waals surface area contributed by atoms with Crippen LogP contribution in [0.5, 0.6) is 0 Å². The first-order valence-electron chi connectivity index (χ1n) is 6.76. The largest absolute Gasteiger partial charge is 0.376 e. The van der Waals surface area contributed by atoms with Crippen LogP contribution in [0.25, 0.3) is 0 Å². The third kappa shape index (κ3) is 3.25. The van der Waals surface area contributed by atoms with Crippen molar-refractivity contribution in [3.8, 4) is 0 Å². The molecule has 0 atom stereocenters. The van der Waals surface area contributed by atoms with Gasteiger partial charge in [0.05, 0.1) is 6.54 Å². The van der Waals surface area contributed by atoms with E-state index in [-0.39, 0.29) is 5.91 Å². The van der Waals surface area contributed by atoms with Crippen LogP contribution in [-0.4, -0.2) is 30.4 Å². The molecule has 0 aromatic heterocycles. The molecule has 1 fully saturated rings. The van der Waals surface area contributed by atoms with Crippen molar-refractivity contribution in [2.45, 2.75) is 33.1 Å². The number of hydrogen-bond acceptors (Lipinski definition) is 2. The van der Waals surface area contributed by atoms with E-state index in [1.807, 2.05) is 11.0 Å². The minimum Gasteiger partial charge on any atom is -0.376 e. The predicted octanol–water partition coefficient (Wildman–Crippen LogP) is 2.73. The Morgan fingerprint density at radius 2 is 1.89 bits per heavy atom. The van der Waals surface area contributed by atoms with E-state index in [1.54, 1.807) is 0 Å². The van der Waals surface area contributed by atoms with E-state index in [2.05, 4.69) is 31.3 Å². The minimum atomic E-state index is 0.216. The number of piperidine rings is 1. The first-order valence-corrected chi connectivity index (χ1v) is 6.76. The summed E-state index contributed by atoms with van der Waals surface area (Å²) >= 11 is 0. The quantitative estimate of drug-likeness (QED) is 0.889. The van der Waals surface area contributed by atoms with Crippen LogP contribution in [0.4, 0.5) is 5.69 Å². The Balaban J connectivity index is 1.86. The standard InChI is InChI=1S/C15H22N2O/c1-12-6-7-14(10-13(12)2)16-11-15(18)17-8-4-3-5-9-17/h6-7,10,16H,3-5,8-9,11H2,1-2H3. The summed E-state index contributed by atoms with van der Waals surface area (Å²) in [7, 11) is 0. The maximum atomic E-state index is 12.0. The summed E-state index contributed by atoms with van der Waals surface area (Å²) in [5.74, 6) is 0.216. The average Bonchev–Trinajstić information content (AvgIpc) is 2.41. The van der Waals surface area contributed by atoms with Crippen LogP contribution < -0.4 is 5.32 Å². The van der Waals surface area contributed by atoms with Crippen LogP contribution in [0.2, 0.25) is 0 Å². The van der Waals surface area contributed by atoms with Crippen molar-refractivity contribution in [2.24, 2.45) is 0 Å². The van der Waals surface area contributed by atoms with Crippen LogP contribution in [0.15, 0.2) is 18.2 Å². The second-order valence-corrected chi connectivity index (χ2v) is 5.09. The lowest BCUT2D eigenvalue weighted by Crippen LogP contribution is -2.39. The van der Waals surface area contributed by atoms with E-state index in [0.29, 0.717) is 6.54 Å². The lowest BCUT2D eigenvalue weighted by molar-refractivity contribution is -0.130. The first-order chi connectivity index (χ1) is 8.66. The van der Waals surface area contributed by atoms with Gasteiger partial charge in [0.1, 0.15) is 0 Å².